The largest absolute Gasteiger partial charge is 0.481 e. The summed E-state index contributed by atoms with van der Waals surface area (Å²) < 4.78 is 25.5. The highest BCUT2D eigenvalue weighted by Crippen LogP contribution is 2.29. The molecule has 110 valence electrons. The summed E-state index contributed by atoms with van der Waals surface area (Å²) in [6, 6.07) is 3.55. The van der Waals surface area contributed by atoms with E-state index in [2.05, 4.69) is 15.9 Å². The fourth-order valence-electron chi connectivity index (χ4n) is 1.39. The van der Waals surface area contributed by atoms with E-state index in [-0.39, 0.29) is 13.0 Å². The fraction of sp³-hybridized carbons (Fsp3) is 0.300. The number of rotatable bonds is 6. The Kier molecular flexibility index (Phi) is 5.20. The Bertz CT molecular complexity index is 645. The van der Waals surface area contributed by atoms with E-state index in [1.54, 1.807) is 0 Å². The molecular weight excluding hydrogens is 356 g/mol. The van der Waals surface area contributed by atoms with Gasteiger partial charge in [-0.25, -0.2) is 12.7 Å². The molecule has 0 heterocycles. The van der Waals surface area contributed by atoms with Gasteiger partial charge in [0, 0.05) is 24.1 Å². The molecule has 0 radical (unpaired) electrons. The highest BCUT2D eigenvalue weighted by atomic mass is 79.9. The second kappa shape index (κ2) is 6.29. The molecule has 0 aliphatic rings. The van der Waals surface area contributed by atoms with Crippen molar-refractivity contribution in [1.82, 2.24) is 4.31 Å². The van der Waals surface area contributed by atoms with Gasteiger partial charge in [-0.2, -0.15) is 0 Å². The van der Waals surface area contributed by atoms with E-state index in [1.807, 2.05) is 0 Å². The Labute approximate surface area is 123 Å². The van der Waals surface area contributed by atoms with Crippen LogP contribution < -0.4 is 0 Å². The maximum Gasteiger partial charge on any atom is 0.304 e. The second-order valence-electron chi connectivity index (χ2n) is 3.84. The van der Waals surface area contributed by atoms with Crippen LogP contribution in [0, 0.1) is 10.1 Å². The molecular formula is C10H11BrN2O6S. The second-order valence-corrected chi connectivity index (χ2v) is 6.77. The Morgan fingerprint density at radius 3 is 2.60 bits per heavy atom. The molecule has 0 spiro atoms. The van der Waals surface area contributed by atoms with E-state index < -0.39 is 31.5 Å². The van der Waals surface area contributed by atoms with Gasteiger partial charge in [-0.05, 0) is 12.1 Å². The number of sulfonamides is 1. The van der Waals surface area contributed by atoms with Crippen molar-refractivity contribution in [1.29, 1.82) is 0 Å². The zero-order valence-electron chi connectivity index (χ0n) is 10.3. The SMILES string of the molecule is CN(CCC(=O)O)S(=O)(=O)c1ccc(Br)cc1[N+](=O)[O-]. The van der Waals surface area contributed by atoms with Gasteiger partial charge in [0.05, 0.1) is 11.3 Å². The zero-order valence-corrected chi connectivity index (χ0v) is 12.7. The molecule has 0 saturated carbocycles. The number of halogens is 1. The first-order valence-electron chi connectivity index (χ1n) is 5.28. The normalized spacial score (nSPS) is 11.6. The summed E-state index contributed by atoms with van der Waals surface area (Å²) in [5.74, 6) is -1.16. The topological polar surface area (TPSA) is 118 Å². The van der Waals surface area contributed by atoms with E-state index in [0.29, 0.717) is 4.47 Å². The van der Waals surface area contributed by atoms with E-state index in [4.69, 9.17) is 5.11 Å². The molecule has 0 bridgehead atoms. The monoisotopic (exact) mass is 366 g/mol. The lowest BCUT2D eigenvalue weighted by Gasteiger charge is -2.16. The van der Waals surface area contributed by atoms with Crippen LogP contribution in [0.25, 0.3) is 0 Å². The zero-order chi connectivity index (χ0) is 15.5. The molecule has 1 N–H and O–H groups in total. The van der Waals surface area contributed by atoms with Crippen LogP contribution in [-0.2, 0) is 14.8 Å². The summed E-state index contributed by atoms with van der Waals surface area (Å²) >= 11 is 3.03. The van der Waals surface area contributed by atoms with Gasteiger partial charge in [0.15, 0.2) is 4.90 Å². The van der Waals surface area contributed by atoms with Crippen molar-refractivity contribution in [2.45, 2.75) is 11.3 Å². The predicted molar refractivity (Wildman–Crippen MR) is 72.9 cm³/mol. The average molecular weight is 367 g/mol. The molecule has 1 rings (SSSR count). The van der Waals surface area contributed by atoms with E-state index in [0.717, 1.165) is 16.4 Å². The van der Waals surface area contributed by atoms with Crippen LogP contribution in [0.15, 0.2) is 27.6 Å². The number of nitro groups is 1. The first kappa shape index (κ1) is 16.5. The molecule has 0 aromatic heterocycles. The molecule has 1 aromatic carbocycles. The number of carboxylic acid groups (broad SMARTS) is 1. The maximum absolute atomic E-state index is 12.2. The lowest BCUT2D eigenvalue weighted by molar-refractivity contribution is -0.387. The van der Waals surface area contributed by atoms with Gasteiger partial charge in [-0.3, -0.25) is 14.9 Å². The predicted octanol–water partition coefficient (Wildman–Crippen LogP) is 1.45. The van der Waals surface area contributed by atoms with Gasteiger partial charge >= 0.3 is 5.97 Å². The molecule has 0 unspecified atom stereocenters. The van der Waals surface area contributed by atoms with Gasteiger partial charge in [0.25, 0.3) is 5.69 Å². The van der Waals surface area contributed by atoms with E-state index in [1.165, 1.54) is 13.1 Å². The quantitative estimate of drug-likeness (QED) is 0.601. The van der Waals surface area contributed by atoms with Gasteiger partial charge < -0.3 is 5.11 Å². The molecule has 0 saturated heterocycles. The van der Waals surface area contributed by atoms with Gasteiger partial charge in [-0.15, -0.1) is 0 Å². The number of carbonyl (C=O) groups is 1. The molecule has 20 heavy (non-hydrogen) atoms. The number of hydrogen-bond donors (Lipinski definition) is 1. The Morgan fingerprint density at radius 1 is 1.50 bits per heavy atom. The highest BCUT2D eigenvalue weighted by Gasteiger charge is 2.29. The lowest BCUT2D eigenvalue weighted by atomic mass is 10.3. The maximum atomic E-state index is 12.2. The summed E-state index contributed by atoms with van der Waals surface area (Å²) in [7, 11) is -2.95. The van der Waals surface area contributed by atoms with Crippen LogP contribution in [0.1, 0.15) is 6.42 Å². The van der Waals surface area contributed by atoms with E-state index >= 15 is 0 Å². The number of benzene rings is 1. The van der Waals surface area contributed by atoms with Crippen LogP contribution in [0.4, 0.5) is 5.69 Å². The number of nitro benzene ring substituents is 1. The summed E-state index contributed by atoms with van der Waals surface area (Å²) in [5.41, 5.74) is -0.568. The minimum absolute atomic E-state index is 0.273. The Hall–Kier alpha value is -1.52. The average Bonchev–Trinajstić information content (AvgIpc) is 2.35. The van der Waals surface area contributed by atoms with Gasteiger partial charge in [0.2, 0.25) is 10.0 Å². The third-order valence-corrected chi connectivity index (χ3v) is 4.84. The van der Waals surface area contributed by atoms with E-state index in [9.17, 15) is 23.3 Å². The first-order chi connectivity index (χ1) is 9.16. The van der Waals surface area contributed by atoms with Crippen molar-refractivity contribution in [3.05, 3.63) is 32.8 Å². The summed E-state index contributed by atoms with van der Waals surface area (Å²) in [6.45, 7) is -0.273. The van der Waals surface area contributed by atoms with Crippen LogP contribution in [-0.4, -0.2) is 42.3 Å². The van der Waals surface area contributed by atoms with Crippen molar-refractivity contribution in [2.75, 3.05) is 13.6 Å². The van der Waals surface area contributed by atoms with Crippen LogP contribution >= 0.6 is 15.9 Å². The molecule has 8 nitrogen and oxygen atoms in total. The Morgan fingerprint density at radius 2 is 2.10 bits per heavy atom. The summed E-state index contributed by atoms with van der Waals surface area (Å²) in [4.78, 5) is 20.1. The first-order valence-corrected chi connectivity index (χ1v) is 7.51. The number of aliphatic carboxylic acids is 1. The molecule has 0 aliphatic heterocycles. The lowest BCUT2D eigenvalue weighted by Crippen LogP contribution is -2.29. The minimum Gasteiger partial charge on any atom is -0.481 e. The number of carboxylic acids is 1. The van der Waals surface area contributed by atoms with Gasteiger partial charge in [-0.1, -0.05) is 15.9 Å². The molecule has 10 heteroatoms. The summed E-state index contributed by atoms with van der Waals surface area (Å²) in [5, 5.41) is 19.5. The van der Waals surface area contributed by atoms with Gasteiger partial charge in [0.1, 0.15) is 0 Å². The van der Waals surface area contributed by atoms with Crippen LogP contribution in [0.2, 0.25) is 0 Å². The van der Waals surface area contributed by atoms with Crippen LogP contribution in [0.5, 0.6) is 0 Å². The third-order valence-electron chi connectivity index (χ3n) is 2.45. The fourth-order valence-corrected chi connectivity index (χ4v) is 3.05. The van der Waals surface area contributed by atoms with Crippen molar-refractivity contribution in [2.24, 2.45) is 0 Å². The molecule has 0 amide bonds. The molecule has 0 aliphatic carbocycles. The number of hydrogen-bond acceptors (Lipinski definition) is 5. The molecule has 1 aromatic rings. The smallest absolute Gasteiger partial charge is 0.304 e. The van der Waals surface area contributed by atoms with Crippen molar-refractivity contribution in [3.63, 3.8) is 0 Å². The number of nitrogens with zero attached hydrogens (tertiary/aromatic N) is 2. The van der Waals surface area contributed by atoms with Crippen molar-refractivity contribution in [3.8, 4) is 0 Å². The van der Waals surface area contributed by atoms with Crippen molar-refractivity contribution >= 4 is 37.6 Å². The Balaban J connectivity index is 3.21. The third kappa shape index (κ3) is 3.74. The standard InChI is InChI=1S/C10H11BrN2O6S/c1-12(5-4-10(14)15)20(18,19)9-3-2-7(11)6-8(9)13(16)17/h2-3,6H,4-5H2,1H3,(H,14,15). The molecule has 0 fully saturated rings. The summed E-state index contributed by atoms with van der Waals surface area (Å²) in [6.07, 6.45) is -0.389. The molecule has 0 atom stereocenters. The van der Waals surface area contributed by atoms with Crippen molar-refractivity contribution < 1.29 is 23.2 Å². The minimum atomic E-state index is -4.12. The van der Waals surface area contributed by atoms with Crippen LogP contribution in [0.3, 0.4) is 0 Å². The highest BCUT2D eigenvalue weighted by molar-refractivity contribution is 9.10.